The molecule has 1 radical (unpaired) electrons. The summed E-state index contributed by atoms with van der Waals surface area (Å²) in [5.41, 5.74) is 23.3. The highest BCUT2D eigenvalue weighted by atomic mass is 32.1. The first-order valence-electron chi connectivity index (χ1n) is 26.9. The van der Waals surface area contributed by atoms with E-state index in [2.05, 4.69) is 217 Å². The smallest absolute Gasteiger partial charge is 0.198 e. The lowest BCUT2D eigenvalue weighted by Gasteiger charge is -2.44. The van der Waals surface area contributed by atoms with Crippen LogP contribution in [0.3, 0.4) is 0 Å². The van der Waals surface area contributed by atoms with Crippen molar-refractivity contribution in [3.05, 3.63) is 148 Å². The third kappa shape index (κ3) is 6.74. The molecule has 363 valence electrons. The highest BCUT2D eigenvalue weighted by Gasteiger charge is 2.42. The molecule has 0 bridgehead atoms. The number of nitrogens with zero attached hydrogens (tertiary/aromatic N) is 1. The van der Waals surface area contributed by atoms with E-state index in [0.717, 1.165) is 41.5 Å². The summed E-state index contributed by atoms with van der Waals surface area (Å²) in [5, 5.41) is 9.17. The Morgan fingerprint density at radius 1 is 0.486 bits per heavy atom. The summed E-state index contributed by atoms with van der Waals surface area (Å²) in [6.45, 7) is 31.8. The number of anilines is 5. The quantitative estimate of drug-likeness (QED) is 0.178. The van der Waals surface area contributed by atoms with Crippen molar-refractivity contribution in [1.29, 1.82) is 0 Å². The molecule has 7 aromatic carbocycles. The number of rotatable bonds is 4. The first-order valence-corrected chi connectivity index (χ1v) is 27.7. The molecule has 2 aromatic heterocycles. The minimum absolute atomic E-state index is 0.00127. The Kier molecular flexibility index (Phi) is 9.69. The number of furan rings is 1. The zero-order chi connectivity index (χ0) is 50.2. The van der Waals surface area contributed by atoms with Gasteiger partial charge in [-0.2, -0.15) is 0 Å². The van der Waals surface area contributed by atoms with Crippen molar-refractivity contribution < 1.29 is 4.42 Å². The second-order valence-corrected chi connectivity index (χ2v) is 27.5. The fourth-order valence-corrected chi connectivity index (χ4v) is 15.1. The van der Waals surface area contributed by atoms with Gasteiger partial charge >= 0.3 is 0 Å². The molecule has 0 spiro atoms. The molecule has 3 aliphatic carbocycles. The van der Waals surface area contributed by atoms with Crippen LogP contribution < -0.4 is 21.1 Å². The lowest BCUT2D eigenvalue weighted by Crippen LogP contribution is -2.42. The lowest BCUT2D eigenvalue weighted by molar-refractivity contribution is 0.332. The summed E-state index contributed by atoms with van der Waals surface area (Å²) in [5.74, 6) is 0. The normalized spacial score (nSPS) is 19.6. The van der Waals surface area contributed by atoms with Crippen LogP contribution in [-0.4, -0.2) is 7.28 Å². The zero-order valence-electron chi connectivity index (χ0n) is 45.0. The summed E-state index contributed by atoms with van der Waals surface area (Å²) in [7, 11) is 2.55. The minimum atomic E-state index is -0.00127. The molecule has 1 aliphatic heterocycles. The number of hydrogen-bond acceptors (Lipinski definition) is 4. The molecule has 1 N–H and O–H groups in total. The van der Waals surface area contributed by atoms with Crippen molar-refractivity contribution in [2.75, 3.05) is 10.2 Å². The van der Waals surface area contributed by atoms with Crippen LogP contribution in [0.15, 0.2) is 114 Å². The molecule has 0 fully saturated rings. The number of benzene rings is 7. The maximum absolute atomic E-state index is 6.73. The first-order chi connectivity index (χ1) is 34.0. The van der Waals surface area contributed by atoms with Crippen molar-refractivity contribution in [2.24, 2.45) is 0 Å². The predicted molar refractivity (Wildman–Crippen MR) is 312 cm³/mol. The summed E-state index contributed by atoms with van der Waals surface area (Å²) in [6.07, 6.45) is 7.00. The summed E-state index contributed by atoms with van der Waals surface area (Å²) >= 11 is 1.95. The summed E-state index contributed by atoms with van der Waals surface area (Å²) in [6, 6.07) is 42.5. The van der Waals surface area contributed by atoms with Crippen molar-refractivity contribution in [3.8, 4) is 11.1 Å². The van der Waals surface area contributed by atoms with Crippen LogP contribution in [0.2, 0.25) is 0 Å². The second kappa shape index (κ2) is 15.2. The third-order valence-corrected chi connectivity index (χ3v) is 20.0. The monoisotopic (exact) mass is 962 g/mol. The molecule has 5 heteroatoms. The Hall–Kier alpha value is -5.78. The molecule has 72 heavy (non-hydrogen) atoms. The molecular weight excluding hydrogens is 892 g/mol. The van der Waals surface area contributed by atoms with E-state index >= 15 is 0 Å². The van der Waals surface area contributed by atoms with E-state index in [9.17, 15) is 0 Å². The Labute approximate surface area is 432 Å². The van der Waals surface area contributed by atoms with E-state index in [1.807, 2.05) is 11.3 Å². The average molecular weight is 962 g/mol. The Balaban J connectivity index is 1.16. The Morgan fingerprint density at radius 3 is 1.74 bits per heavy atom. The molecule has 3 heterocycles. The fourth-order valence-electron chi connectivity index (χ4n) is 13.9. The molecule has 0 saturated heterocycles. The van der Waals surface area contributed by atoms with Crippen molar-refractivity contribution >= 4 is 100 Å². The molecule has 0 unspecified atom stereocenters. The molecule has 9 aromatic rings. The third-order valence-electron chi connectivity index (χ3n) is 18.8. The van der Waals surface area contributed by atoms with Crippen LogP contribution in [0.25, 0.3) is 53.2 Å². The lowest BCUT2D eigenvalue weighted by atomic mass is 9.56. The molecule has 0 saturated carbocycles. The van der Waals surface area contributed by atoms with Gasteiger partial charge in [0.25, 0.3) is 0 Å². The molecule has 0 atom stereocenters. The van der Waals surface area contributed by atoms with Crippen molar-refractivity contribution in [1.82, 2.24) is 0 Å². The van der Waals surface area contributed by atoms with E-state index in [4.69, 9.17) is 4.42 Å². The van der Waals surface area contributed by atoms with Gasteiger partial charge in [-0.25, -0.2) is 0 Å². The van der Waals surface area contributed by atoms with Gasteiger partial charge in [-0.1, -0.05) is 132 Å². The van der Waals surface area contributed by atoms with Gasteiger partial charge in [0.1, 0.15) is 11.2 Å². The van der Waals surface area contributed by atoms with Gasteiger partial charge in [-0.05, 0) is 194 Å². The fraction of sp³-hybridized carbons (Fsp3) is 0.373. The van der Waals surface area contributed by atoms with E-state index in [1.54, 1.807) is 0 Å². The molecular formula is C67H70BN2OS. The number of aryl methyl sites for hydroxylation is 1. The maximum Gasteiger partial charge on any atom is 0.198 e. The topological polar surface area (TPSA) is 28.4 Å². The number of nitrogens with one attached hydrogen (secondary N) is 1. The van der Waals surface area contributed by atoms with Gasteiger partial charge in [0, 0.05) is 64.9 Å². The first kappa shape index (κ1) is 46.0. The number of hydrogen-bond donors (Lipinski definition) is 1. The average Bonchev–Trinajstić information content (AvgIpc) is 3.91. The highest BCUT2D eigenvalue weighted by molar-refractivity contribution is 7.26. The van der Waals surface area contributed by atoms with Gasteiger partial charge in [0.15, 0.2) is 7.28 Å². The molecule has 0 amide bonds. The van der Waals surface area contributed by atoms with Gasteiger partial charge in [0.2, 0.25) is 0 Å². The number of fused-ring (bicyclic) bond motifs is 12. The van der Waals surface area contributed by atoms with Gasteiger partial charge in [-0.3, -0.25) is 0 Å². The maximum atomic E-state index is 6.73. The van der Waals surface area contributed by atoms with E-state index in [1.165, 1.54) is 129 Å². The predicted octanol–water partition coefficient (Wildman–Crippen LogP) is 18.2. The van der Waals surface area contributed by atoms with Crippen LogP contribution >= 0.6 is 11.3 Å². The second-order valence-electron chi connectivity index (χ2n) is 26.4. The molecule has 13 rings (SSSR count). The van der Waals surface area contributed by atoms with E-state index < -0.39 is 0 Å². The van der Waals surface area contributed by atoms with Crippen molar-refractivity contribution in [2.45, 2.75) is 161 Å². The summed E-state index contributed by atoms with van der Waals surface area (Å²) in [4.78, 5) is 2.65. The number of thiophene rings is 1. The zero-order valence-corrected chi connectivity index (χ0v) is 45.8. The van der Waals surface area contributed by atoms with Crippen LogP contribution in [0, 0.1) is 6.92 Å². The van der Waals surface area contributed by atoms with Gasteiger partial charge in [-0.15, -0.1) is 11.3 Å². The largest absolute Gasteiger partial charge is 0.456 e. The van der Waals surface area contributed by atoms with E-state index in [0.29, 0.717) is 0 Å². The standard InChI is InChI=1S/C67H70BN2OS/c1-38-32-45-49(67(12,13)31-28-63(45,4)5)37-52(38)70-51-24-25-55-57(41-19-14-16-20-54(41)71-55)59(51)68-60-53(70)35-42-40-18-15-17-21-56(40)72-61(42)58(60)43-34-47-48(66(10,11)30-29-65(47,8)9)36-50(43)69-39-22-23-44-46(33-39)64(6,7)27-26-62(44,2)3/h14-25,32-37,69H,26-31H2,1-13H3. The van der Waals surface area contributed by atoms with Crippen LogP contribution in [0.5, 0.6) is 0 Å². The van der Waals surface area contributed by atoms with Crippen LogP contribution in [0.4, 0.5) is 28.4 Å². The van der Waals surface area contributed by atoms with Crippen molar-refractivity contribution in [3.63, 3.8) is 0 Å². The number of para-hydroxylation sites is 1. The van der Waals surface area contributed by atoms with Crippen LogP contribution in [0.1, 0.15) is 161 Å². The van der Waals surface area contributed by atoms with Gasteiger partial charge < -0.3 is 14.6 Å². The molecule has 3 nitrogen and oxygen atoms in total. The molecule has 4 aliphatic rings. The van der Waals surface area contributed by atoms with E-state index in [-0.39, 0.29) is 32.5 Å². The summed E-state index contributed by atoms with van der Waals surface area (Å²) < 4.78 is 9.37. The van der Waals surface area contributed by atoms with Gasteiger partial charge in [0.05, 0.1) is 0 Å². The SMILES string of the molecule is Cc1cc2c(cc1N1c3cc4c(sc5ccccc54)c(-c4cc5c(cc4Nc4ccc6c(c4)C(C)(C)CCC6(C)C)C(C)(C)CCC5(C)C)c3[B]c3c1ccc1oc4ccccc4c31)C(C)(C)CCC2(C)C. The van der Waals surface area contributed by atoms with Crippen LogP contribution in [-0.2, 0) is 32.5 Å². The Morgan fingerprint density at radius 2 is 1.06 bits per heavy atom. The Bertz CT molecular complexity index is 3800. The minimum Gasteiger partial charge on any atom is -0.456 e. The highest BCUT2D eigenvalue weighted by Crippen LogP contribution is 2.55.